The minimum atomic E-state index is 0.797. The molecule has 4 nitrogen and oxygen atoms in total. The van der Waals surface area contributed by atoms with Crippen LogP contribution in [0.5, 0.6) is 23.0 Å². The van der Waals surface area contributed by atoms with E-state index < -0.39 is 0 Å². The van der Waals surface area contributed by atoms with E-state index in [0.29, 0.717) is 0 Å². The summed E-state index contributed by atoms with van der Waals surface area (Å²) in [5, 5.41) is 0. The van der Waals surface area contributed by atoms with Gasteiger partial charge >= 0.3 is 0 Å². The standard InChI is InChI=1S/C25H24O4/c1-26-19-9-5-16(6-10-19)22-14-18-13-21(28-3)15-23(29-4)25(18)24(22)17-7-11-20(27-2)12-8-17/h5-13,15H,14H2,1-4H3. The summed E-state index contributed by atoms with van der Waals surface area (Å²) in [5.41, 5.74) is 7.02. The molecule has 0 amide bonds. The molecule has 4 rings (SSSR count). The highest BCUT2D eigenvalue weighted by Crippen LogP contribution is 2.48. The quantitative estimate of drug-likeness (QED) is 0.579. The van der Waals surface area contributed by atoms with E-state index in [0.717, 1.165) is 46.1 Å². The van der Waals surface area contributed by atoms with Gasteiger partial charge < -0.3 is 18.9 Å². The number of methoxy groups -OCH3 is 4. The van der Waals surface area contributed by atoms with Crippen LogP contribution in [0.25, 0.3) is 11.1 Å². The van der Waals surface area contributed by atoms with E-state index in [9.17, 15) is 0 Å². The fraction of sp³-hybridized carbons (Fsp3) is 0.200. The van der Waals surface area contributed by atoms with Crippen molar-refractivity contribution in [3.8, 4) is 23.0 Å². The van der Waals surface area contributed by atoms with Gasteiger partial charge in [-0.25, -0.2) is 0 Å². The van der Waals surface area contributed by atoms with Gasteiger partial charge in [0.2, 0.25) is 0 Å². The first kappa shape index (κ1) is 18.9. The van der Waals surface area contributed by atoms with E-state index in [1.54, 1.807) is 28.4 Å². The molecule has 29 heavy (non-hydrogen) atoms. The van der Waals surface area contributed by atoms with Crippen LogP contribution in [0.1, 0.15) is 22.3 Å². The van der Waals surface area contributed by atoms with Crippen molar-refractivity contribution in [3.05, 3.63) is 82.9 Å². The topological polar surface area (TPSA) is 36.9 Å². The molecule has 4 heteroatoms. The van der Waals surface area contributed by atoms with Crippen molar-refractivity contribution in [2.75, 3.05) is 28.4 Å². The number of benzene rings is 3. The van der Waals surface area contributed by atoms with Crippen LogP contribution in [0.2, 0.25) is 0 Å². The molecule has 1 aliphatic rings. The van der Waals surface area contributed by atoms with Crippen LogP contribution in [-0.4, -0.2) is 28.4 Å². The highest BCUT2D eigenvalue weighted by atomic mass is 16.5. The van der Waals surface area contributed by atoms with Crippen molar-refractivity contribution in [1.29, 1.82) is 0 Å². The smallest absolute Gasteiger partial charge is 0.130 e. The Labute approximate surface area is 171 Å². The summed E-state index contributed by atoms with van der Waals surface area (Å²) in [6.45, 7) is 0. The molecule has 0 bridgehead atoms. The van der Waals surface area contributed by atoms with Gasteiger partial charge in [0.25, 0.3) is 0 Å². The van der Waals surface area contributed by atoms with E-state index in [-0.39, 0.29) is 0 Å². The van der Waals surface area contributed by atoms with Crippen molar-refractivity contribution in [1.82, 2.24) is 0 Å². The number of hydrogen-bond donors (Lipinski definition) is 0. The van der Waals surface area contributed by atoms with Crippen LogP contribution in [-0.2, 0) is 6.42 Å². The molecule has 3 aromatic rings. The molecule has 1 aliphatic carbocycles. The first-order valence-electron chi connectivity index (χ1n) is 9.45. The van der Waals surface area contributed by atoms with Gasteiger partial charge in [-0.15, -0.1) is 0 Å². The summed E-state index contributed by atoms with van der Waals surface area (Å²) >= 11 is 0. The Kier molecular flexibility index (Phi) is 5.17. The first-order valence-corrected chi connectivity index (χ1v) is 9.45. The van der Waals surface area contributed by atoms with Crippen LogP contribution < -0.4 is 18.9 Å². The molecule has 3 aromatic carbocycles. The van der Waals surface area contributed by atoms with E-state index in [1.807, 2.05) is 30.3 Å². The van der Waals surface area contributed by atoms with E-state index in [4.69, 9.17) is 18.9 Å². The maximum Gasteiger partial charge on any atom is 0.130 e. The van der Waals surface area contributed by atoms with Crippen molar-refractivity contribution in [3.63, 3.8) is 0 Å². The van der Waals surface area contributed by atoms with Crippen molar-refractivity contribution in [2.45, 2.75) is 6.42 Å². The van der Waals surface area contributed by atoms with Gasteiger partial charge in [0.15, 0.2) is 0 Å². The Hall–Kier alpha value is -3.40. The molecule has 0 fully saturated rings. The Morgan fingerprint density at radius 3 is 1.66 bits per heavy atom. The molecule has 0 saturated carbocycles. The van der Waals surface area contributed by atoms with Crippen molar-refractivity contribution >= 4 is 11.1 Å². The Balaban J connectivity index is 1.93. The lowest BCUT2D eigenvalue weighted by Crippen LogP contribution is -1.96. The molecule has 0 radical (unpaired) electrons. The molecular weight excluding hydrogens is 364 g/mol. The summed E-state index contributed by atoms with van der Waals surface area (Å²) in [6.07, 6.45) is 0.802. The predicted octanol–water partition coefficient (Wildman–Crippen LogP) is 5.24. The van der Waals surface area contributed by atoms with Gasteiger partial charge in [0, 0.05) is 11.6 Å². The lowest BCUT2D eigenvalue weighted by Gasteiger charge is -2.15. The molecule has 0 N–H and O–H groups in total. The van der Waals surface area contributed by atoms with Crippen LogP contribution in [0.3, 0.4) is 0 Å². The zero-order chi connectivity index (χ0) is 20.4. The third kappa shape index (κ3) is 3.42. The summed E-state index contributed by atoms with van der Waals surface area (Å²) in [6, 6.07) is 20.4. The Bertz CT molecular complexity index is 1050. The molecule has 0 heterocycles. The summed E-state index contributed by atoms with van der Waals surface area (Å²) in [4.78, 5) is 0. The normalized spacial score (nSPS) is 12.6. The second-order valence-corrected chi connectivity index (χ2v) is 6.85. The maximum atomic E-state index is 5.76. The van der Waals surface area contributed by atoms with Gasteiger partial charge in [0.05, 0.1) is 28.4 Å². The molecular formula is C25H24O4. The zero-order valence-electron chi connectivity index (χ0n) is 17.1. The zero-order valence-corrected chi connectivity index (χ0v) is 17.1. The number of allylic oxidation sites excluding steroid dienone is 1. The number of ether oxygens (including phenoxy) is 4. The number of rotatable bonds is 6. The van der Waals surface area contributed by atoms with Crippen LogP contribution in [0.15, 0.2) is 60.7 Å². The summed E-state index contributed by atoms with van der Waals surface area (Å²) in [5.74, 6) is 3.29. The monoisotopic (exact) mass is 388 g/mol. The lowest BCUT2D eigenvalue weighted by molar-refractivity contribution is 0.393. The van der Waals surface area contributed by atoms with E-state index in [1.165, 1.54) is 16.7 Å². The highest BCUT2D eigenvalue weighted by Gasteiger charge is 2.28. The van der Waals surface area contributed by atoms with Gasteiger partial charge in [-0.1, -0.05) is 24.3 Å². The lowest BCUT2D eigenvalue weighted by atomic mass is 9.94. The van der Waals surface area contributed by atoms with E-state index in [2.05, 4.69) is 30.3 Å². The molecule has 0 spiro atoms. The second-order valence-electron chi connectivity index (χ2n) is 6.85. The SMILES string of the molecule is COc1ccc(C2=C(c3ccc(OC)cc3)c3c(cc(OC)cc3OC)C2)cc1. The number of hydrogen-bond acceptors (Lipinski definition) is 4. The third-order valence-electron chi connectivity index (χ3n) is 5.35. The fourth-order valence-electron chi connectivity index (χ4n) is 3.89. The molecule has 0 saturated heterocycles. The maximum absolute atomic E-state index is 5.76. The number of fused-ring (bicyclic) bond motifs is 1. The van der Waals surface area contributed by atoms with Crippen LogP contribution in [0.4, 0.5) is 0 Å². The van der Waals surface area contributed by atoms with Crippen LogP contribution >= 0.6 is 0 Å². The Morgan fingerprint density at radius 2 is 1.14 bits per heavy atom. The van der Waals surface area contributed by atoms with Crippen molar-refractivity contribution in [2.24, 2.45) is 0 Å². The predicted molar refractivity (Wildman–Crippen MR) is 115 cm³/mol. The Morgan fingerprint density at radius 1 is 0.586 bits per heavy atom. The van der Waals surface area contributed by atoms with Gasteiger partial charge in [-0.05, 0) is 64.6 Å². The molecule has 0 atom stereocenters. The first-order chi connectivity index (χ1) is 14.2. The van der Waals surface area contributed by atoms with Crippen molar-refractivity contribution < 1.29 is 18.9 Å². The summed E-state index contributed by atoms with van der Waals surface area (Å²) in [7, 11) is 6.74. The van der Waals surface area contributed by atoms with Crippen LogP contribution in [0, 0.1) is 0 Å². The second kappa shape index (κ2) is 7.92. The molecule has 148 valence electrons. The van der Waals surface area contributed by atoms with Gasteiger partial charge in [0.1, 0.15) is 23.0 Å². The highest BCUT2D eigenvalue weighted by molar-refractivity contribution is 6.05. The van der Waals surface area contributed by atoms with Gasteiger partial charge in [-0.3, -0.25) is 0 Å². The average molecular weight is 388 g/mol. The largest absolute Gasteiger partial charge is 0.497 e. The minimum absolute atomic E-state index is 0.797. The van der Waals surface area contributed by atoms with Gasteiger partial charge in [-0.2, -0.15) is 0 Å². The third-order valence-corrected chi connectivity index (χ3v) is 5.35. The van der Waals surface area contributed by atoms with E-state index >= 15 is 0 Å². The average Bonchev–Trinajstić information content (AvgIpc) is 3.18. The minimum Gasteiger partial charge on any atom is -0.497 e. The molecule has 0 aromatic heterocycles. The molecule has 0 aliphatic heterocycles. The summed E-state index contributed by atoms with van der Waals surface area (Å²) < 4.78 is 21.9. The molecule has 0 unspecified atom stereocenters. The fourth-order valence-corrected chi connectivity index (χ4v) is 3.89.